The molecule has 0 spiro atoms. The Morgan fingerprint density at radius 2 is 1.81 bits per heavy atom. The van der Waals surface area contributed by atoms with E-state index in [-0.39, 0.29) is 23.8 Å². The second-order valence-electron chi connectivity index (χ2n) is 9.20. The molecule has 1 aromatic rings. The fourth-order valence-corrected chi connectivity index (χ4v) is 6.34. The molecule has 2 unspecified atom stereocenters. The maximum absolute atomic E-state index is 12.5. The summed E-state index contributed by atoms with van der Waals surface area (Å²) in [6, 6.07) is 7.72. The first kappa shape index (κ1) is 18.5. The average Bonchev–Trinajstić information content (AvgIpc) is 2.58. The Morgan fingerprint density at radius 3 is 2.48 bits per heavy atom. The Bertz CT molecular complexity index is 731. The Kier molecular flexibility index (Phi) is 4.75. The van der Waals surface area contributed by atoms with Crippen LogP contribution >= 0.6 is 0 Å². The number of nitrogens with one attached hydrogen (secondary N) is 2. The Hall–Kier alpha value is -1.88. The maximum atomic E-state index is 12.5. The van der Waals surface area contributed by atoms with E-state index >= 15 is 0 Å². The summed E-state index contributed by atoms with van der Waals surface area (Å²) in [6.45, 7) is 2.04. The van der Waals surface area contributed by atoms with E-state index in [2.05, 4.69) is 10.6 Å². The number of hydrogen-bond acceptors (Lipinski definition) is 3. The number of carbonyl (C=O) groups excluding carboxylic acids is 2. The second-order valence-corrected chi connectivity index (χ2v) is 9.20. The molecule has 0 saturated heterocycles. The lowest BCUT2D eigenvalue weighted by Gasteiger charge is -2.60. The second kappa shape index (κ2) is 6.93. The van der Waals surface area contributed by atoms with Crippen LogP contribution in [-0.2, 0) is 16.0 Å². The first-order chi connectivity index (χ1) is 12.9. The number of amides is 2. The number of aryl methyl sites for hydroxylation is 1. The third kappa shape index (κ3) is 3.88. The van der Waals surface area contributed by atoms with E-state index in [9.17, 15) is 14.7 Å². The van der Waals surface area contributed by atoms with Gasteiger partial charge < -0.3 is 15.7 Å². The summed E-state index contributed by atoms with van der Waals surface area (Å²) in [5, 5.41) is 16.5. The Balaban J connectivity index is 1.30. The van der Waals surface area contributed by atoms with Crippen molar-refractivity contribution in [2.24, 2.45) is 17.3 Å². The van der Waals surface area contributed by atoms with Gasteiger partial charge in [-0.1, -0.05) is 25.1 Å². The molecule has 5 rings (SSSR count). The molecule has 4 aliphatic rings. The molecule has 0 heterocycles. The molecule has 0 aliphatic heterocycles. The zero-order valence-electron chi connectivity index (χ0n) is 16.1. The van der Waals surface area contributed by atoms with Crippen LogP contribution in [0.15, 0.2) is 24.3 Å². The SMILES string of the molecule is CCc1ccccc1NC(=O)CNC(=O)CC12CC3CC(CC(O)(C3)C1)C2. The molecule has 0 aromatic heterocycles. The summed E-state index contributed by atoms with van der Waals surface area (Å²) in [6.07, 6.45) is 7.15. The van der Waals surface area contributed by atoms with Crippen molar-refractivity contribution < 1.29 is 14.7 Å². The molecule has 2 amide bonds. The van der Waals surface area contributed by atoms with E-state index < -0.39 is 5.60 Å². The van der Waals surface area contributed by atoms with Crippen molar-refractivity contribution in [3.8, 4) is 0 Å². The van der Waals surface area contributed by atoms with Crippen molar-refractivity contribution >= 4 is 17.5 Å². The molecule has 5 nitrogen and oxygen atoms in total. The van der Waals surface area contributed by atoms with Crippen LogP contribution in [0.2, 0.25) is 0 Å². The molecule has 0 radical (unpaired) electrons. The van der Waals surface area contributed by atoms with Crippen molar-refractivity contribution in [3.63, 3.8) is 0 Å². The third-order valence-corrected chi connectivity index (χ3v) is 6.81. The number of carbonyl (C=O) groups is 2. The van der Waals surface area contributed by atoms with Gasteiger partial charge in [0, 0.05) is 12.1 Å². The third-order valence-electron chi connectivity index (χ3n) is 6.81. The minimum absolute atomic E-state index is 0.00983. The average molecular weight is 370 g/mol. The number of aliphatic hydroxyl groups is 1. The van der Waals surface area contributed by atoms with Gasteiger partial charge in [0.1, 0.15) is 0 Å². The Labute approximate surface area is 160 Å². The van der Waals surface area contributed by atoms with Gasteiger partial charge in [0.25, 0.3) is 0 Å². The molecule has 4 fully saturated rings. The first-order valence-electron chi connectivity index (χ1n) is 10.3. The minimum atomic E-state index is -0.550. The van der Waals surface area contributed by atoms with Gasteiger partial charge in [0.05, 0.1) is 12.1 Å². The number of anilines is 1. The molecule has 5 heteroatoms. The van der Waals surface area contributed by atoms with Crippen LogP contribution in [0.4, 0.5) is 5.69 Å². The molecular weight excluding hydrogens is 340 g/mol. The highest BCUT2D eigenvalue weighted by molar-refractivity contribution is 5.95. The predicted molar refractivity (Wildman–Crippen MR) is 104 cm³/mol. The van der Waals surface area contributed by atoms with Crippen molar-refractivity contribution in [1.29, 1.82) is 0 Å². The van der Waals surface area contributed by atoms with Gasteiger partial charge in [-0.2, -0.15) is 0 Å². The van der Waals surface area contributed by atoms with Crippen LogP contribution in [0.5, 0.6) is 0 Å². The largest absolute Gasteiger partial charge is 0.390 e. The van der Waals surface area contributed by atoms with Crippen molar-refractivity contribution in [1.82, 2.24) is 5.32 Å². The number of para-hydroxylation sites is 1. The predicted octanol–water partition coefficient (Wildman–Crippen LogP) is 3.03. The van der Waals surface area contributed by atoms with Crippen LogP contribution in [-0.4, -0.2) is 29.1 Å². The number of rotatable bonds is 6. The van der Waals surface area contributed by atoms with Gasteiger partial charge in [-0.05, 0) is 73.8 Å². The van der Waals surface area contributed by atoms with Crippen molar-refractivity contribution in [3.05, 3.63) is 29.8 Å². The molecule has 4 bridgehead atoms. The smallest absolute Gasteiger partial charge is 0.243 e. The van der Waals surface area contributed by atoms with Crippen LogP contribution in [0.3, 0.4) is 0 Å². The lowest BCUT2D eigenvalue weighted by atomic mass is 9.47. The van der Waals surface area contributed by atoms with E-state index in [0.717, 1.165) is 49.8 Å². The fourth-order valence-electron chi connectivity index (χ4n) is 6.34. The molecule has 146 valence electrons. The lowest BCUT2D eigenvalue weighted by molar-refractivity contribution is -0.169. The highest BCUT2D eigenvalue weighted by Crippen LogP contribution is 2.62. The normalized spacial score (nSPS) is 33.7. The Morgan fingerprint density at radius 1 is 1.11 bits per heavy atom. The summed E-state index contributed by atoms with van der Waals surface area (Å²) in [7, 11) is 0. The van der Waals surface area contributed by atoms with Gasteiger partial charge in [-0.25, -0.2) is 0 Å². The maximum Gasteiger partial charge on any atom is 0.243 e. The van der Waals surface area contributed by atoms with E-state index in [1.165, 1.54) is 6.42 Å². The van der Waals surface area contributed by atoms with Gasteiger partial charge in [-0.3, -0.25) is 9.59 Å². The van der Waals surface area contributed by atoms with Gasteiger partial charge >= 0.3 is 0 Å². The molecule has 1 aromatic carbocycles. The van der Waals surface area contributed by atoms with E-state index in [4.69, 9.17) is 0 Å². The molecule has 4 aliphatic carbocycles. The fraction of sp³-hybridized carbons (Fsp3) is 0.636. The van der Waals surface area contributed by atoms with Crippen LogP contribution < -0.4 is 10.6 Å². The van der Waals surface area contributed by atoms with E-state index in [1.54, 1.807) is 0 Å². The zero-order chi connectivity index (χ0) is 19.1. The highest BCUT2D eigenvalue weighted by Gasteiger charge is 2.57. The summed E-state index contributed by atoms with van der Waals surface area (Å²) in [4.78, 5) is 24.8. The molecule has 27 heavy (non-hydrogen) atoms. The van der Waals surface area contributed by atoms with Crippen LogP contribution in [0.25, 0.3) is 0 Å². The van der Waals surface area contributed by atoms with Gasteiger partial charge in [0.15, 0.2) is 0 Å². The first-order valence-corrected chi connectivity index (χ1v) is 10.3. The van der Waals surface area contributed by atoms with Crippen LogP contribution in [0.1, 0.15) is 57.4 Å². The number of hydrogen-bond donors (Lipinski definition) is 3. The summed E-state index contributed by atoms with van der Waals surface area (Å²) in [5.41, 5.74) is 1.28. The standard InChI is InChI=1S/C22H30N2O3/c1-2-17-5-3-4-6-18(17)24-20(26)13-23-19(25)12-21-8-15-7-16(9-21)11-22(27,10-15)14-21/h3-6,15-16,27H,2,7-14H2,1H3,(H,23,25)(H,24,26). The summed E-state index contributed by atoms with van der Waals surface area (Å²) in [5.74, 6) is 0.864. The van der Waals surface area contributed by atoms with Gasteiger partial charge in [0.2, 0.25) is 11.8 Å². The van der Waals surface area contributed by atoms with E-state index in [0.29, 0.717) is 18.3 Å². The van der Waals surface area contributed by atoms with Crippen LogP contribution in [0, 0.1) is 17.3 Å². The molecular formula is C22H30N2O3. The van der Waals surface area contributed by atoms with Gasteiger partial charge in [-0.15, -0.1) is 0 Å². The highest BCUT2D eigenvalue weighted by atomic mass is 16.3. The minimum Gasteiger partial charge on any atom is -0.390 e. The zero-order valence-corrected chi connectivity index (χ0v) is 16.1. The lowest BCUT2D eigenvalue weighted by Crippen LogP contribution is -2.56. The number of benzene rings is 1. The monoisotopic (exact) mass is 370 g/mol. The summed E-state index contributed by atoms with van der Waals surface area (Å²) >= 11 is 0. The quantitative estimate of drug-likeness (QED) is 0.720. The van der Waals surface area contributed by atoms with Crippen molar-refractivity contribution in [2.45, 2.75) is 63.9 Å². The van der Waals surface area contributed by atoms with E-state index in [1.807, 2.05) is 31.2 Å². The molecule has 2 atom stereocenters. The molecule has 4 saturated carbocycles. The summed E-state index contributed by atoms with van der Waals surface area (Å²) < 4.78 is 0. The molecule has 3 N–H and O–H groups in total. The topological polar surface area (TPSA) is 78.4 Å². The van der Waals surface area contributed by atoms with Crippen molar-refractivity contribution in [2.75, 3.05) is 11.9 Å².